The number of benzene rings is 2. The average molecular weight is 774 g/mol. The lowest BCUT2D eigenvalue weighted by Gasteiger charge is -2.43. The molecule has 18 heteroatoms. The van der Waals surface area contributed by atoms with Gasteiger partial charge in [0, 0.05) is 10.7 Å². The minimum Gasteiger partial charge on any atom is -0.480 e. The lowest BCUT2D eigenvalue weighted by Crippen LogP contribution is -2.68. The Morgan fingerprint density at radius 3 is 0.804 bits per heavy atom. The maximum absolute atomic E-state index is 13.7. The second-order valence-electron chi connectivity index (χ2n) is 9.64. The molecule has 0 amide bonds. The van der Waals surface area contributed by atoms with Gasteiger partial charge in [0.1, 0.15) is 13.2 Å². The zero-order valence-electron chi connectivity index (χ0n) is 23.0. The number of ether oxygens (including phenoxy) is 2. The smallest absolute Gasteiger partial charge is 0.330 e. The zero-order valence-corrected chi connectivity index (χ0v) is 26.1. The molecule has 0 saturated heterocycles. The molecule has 4 bridgehead atoms. The lowest BCUT2D eigenvalue weighted by molar-refractivity contribution is -0.181. The number of hydrogen-bond donors (Lipinski definition) is 6. The second kappa shape index (κ2) is 12.9. The monoisotopic (exact) mass is 772 g/mol. The number of rotatable bonds is 12. The van der Waals surface area contributed by atoms with Crippen molar-refractivity contribution in [1.82, 2.24) is 0 Å². The van der Waals surface area contributed by atoms with E-state index in [0.717, 1.165) is 0 Å². The van der Waals surface area contributed by atoms with E-state index in [1.54, 1.807) is 0 Å². The van der Waals surface area contributed by atoms with Crippen molar-refractivity contribution in [3.63, 3.8) is 0 Å². The fourth-order valence-corrected chi connectivity index (χ4v) is 6.21. The van der Waals surface area contributed by atoms with Gasteiger partial charge in [0.05, 0.1) is 0 Å². The molecule has 16 nitrogen and oxygen atoms in total. The van der Waals surface area contributed by atoms with Crippen LogP contribution in [0, 0.1) is 0 Å². The molecule has 0 heterocycles. The summed E-state index contributed by atoms with van der Waals surface area (Å²) in [5.74, 6) is -18.0. The standard InChI is InChI=1S/C28H22Br2O16/c29-9-11-45-23(43)27(21(39)40)15-5-1-13(2-6-15)25(17(31)32,18(33)34)28(22(41)42,24(44)46-12-10-30)16-7-3-14(4-8-16)26(27,19(35)36)20(37)38/h1-8H,9-12H2,(H,31,32)(H,33,34)(H,35,36)(H,37,38)(H,39,40)(H,41,42). The Labute approximate surface area is 273 Å². The normalized spacial score (nSPS) is 20.7. The van der Waals surface area contributed by atoms with E-state index in [-0.39, 0.29) is 10.7 Å². The highest BCUT2D eigenvalue weighted by atomic mass is 79.9. The van der Waals surface area contributed by atoms with Crippen LogP contribution >= 0.6 is 31.9 Å². The maximum Gasteiger partial charge on any atom is 0.330 e. The summed E-state index contributed by atoms with van der Waals surface area (Å²) in [7, 11) is 0. The number of alkyl halides is 2. The molecule has 0 aliphatic heterocycles. The number of carbonyl (C=O) groups excluding carboxylic acids is 2. The number of carboxylic acids is 6. The molecule has 0 radical (unpaired) electrons. The molecule has 0 spiro atoms. The fourth-order valence-electron chi connectivity index (χ4n) is 5.89. The summed E-state index contributed by atoms with van der Waals surface area (Å²) in [6.45, 7) is -1.14. The lowest BCUT2D eigenvalue weighted by atomic mass is 9.53. The predicted octanol–water partition coefficient (Wildman–Crippen LogP) is 0.735. The van der Waals surface area contributed by atoms with Crippen molar-refractivity contribution in [1.29, 1.82) is 0 Å². The number of carbonyl (C=O) groups is 8. The number of esters is 2. The van der Waals surface area contributed by atoms with Crippen LogP contribution in [0.1, 0.15) is 22.3 Å². The van der Waals surface area contributed by atoms with E-state index in [2.05, 4.69) is 31.9 Å². The quantitative estimate of drug-likeness (QED) is 0.0985. The Hall–Kier alpha value is -4.84. The van der Waals surface area contributed by atoms with Crippen LogP contribution in [0.4, 0.5) is 0 Å². The van der Waals surface area contributed by atoms with Gasteiger partial charge in [-0.3, -0.25) is 38.4 Å². The van der Waals surface area contributed by atoms with E-state index < -0.39 is 105 Å². The van der Waals surface area contributed by atoms with Gasteiger partial charge in [-0.2, -0.15) is 0 Å². The van der Waals surface area contributed by atoms with Crippen LogP contribution in [0.25, 0.3) is 0 Å². The minimum atomic E-state index is -3.78. The molecule has 6 N–H and O–H groups in total. The third-order valence-electron chi connectivity index (χ3n) is 7.78. The van der Waals surface area contributed by atoms with Crippen molar-refractivity contribution in [2.24, 2.45) is 0 Å². The number of aliphatic carboxylic acids is 6. The van der Waals surface area contributed by atoms with E-state index in [0.29, 0.717) is 48.5 Å². The molecule has 0 saturated carbocycles. The molecule has 0 fully saturated rings. The Morgan fingerprint density at radius 1 is 0.435 bits per heavy atom. The van der Waals surface area contributed by atoms with Crippen molar-refractivity contribution in [2.75, 3.05) is 23.9 Å². The van der Waals surface area contributed by atoms with Gasteiger partial charge < -0.3 is 40.1 Å². The third-order valence-corrected chi connectivity index (χ3v) is 8.43. The highest BCUT2D eigenvalue weighted by molar-refractivity contribution is 9.09. The van der Waals surface area contributed by atoms with Crippen LogP contribution in [0.3, 0.4) is 0 Å². The topological polar surface area (TPSA) is 276 Å². The first-order valence-corrected chi connectivity index (χ1v) is 14.9. The van der Waals surface area contributed by atoms with Crippen molar-refractivity contribution < 1.29 is 78.5 Å². The van der Waals surface area contributed by atoms with Crippen LogP contribution in [0.2, 0.25) is 0 Å². The highest BCUT2D eigenvalue weighted by Gasteiger charge is 2.76. The van der Waals surface area contributed by atoms with Crippen LogP contribution in [-0.2, 0) is 69.5 Å². The molecule has 2 aromatic carbocycles. The van der Waals surface area contributed by atoms with Gasteiger partial charge in [0.15, 0.2) is 0 Å². The molecular weight excluding hydrogens is 752 g/mol. The molecule has 6 rings (SSSR count). The molecule has 2 unspecified atom stereocenters. The van der Waals surface area contributed by atoms with E-state index in [4.69, 9.17) is 9.47 Å². The summed E-state index contributed by atoms with van der Waals surface area (Å²) in [6, 6.07) is 4.31. The summed E-state index contributed by atoms with van der Waals surface area (Å²) in [4.78, 5) is 106. The van der Waals surface area contributed by atoms with Crippen molar-refractivity contribution in [2.45, 2.75) is 21.7 Å². The van der Waals surface area contributed by atoms with E-state index >= 15 is 0 Å². The molecule has 2 atom stereocenters. The van der Waals surface area contributed by atoms with Crippen molar-refractivity contribution in [3.8, 4) is 0 Å². The first kappa shape index (κ1) is 35.6. The van der Waals surface area contributed by atoms with Crippen LogP contribution < -0.4 is 0 Å². The molecular formula is C28H22Br2O16. The summed E-state index contributed by atoms with van der Waals surface area (Å²) in [5, 5.41) is 63.1. The predicted molar refractivity (Wildman–Crippen MR) is 155 cm³/mol. The van der Waals surface area contributed by atoms with Crippen molar-refractivity contribution >= 4 is 79.6 Å². The van der Waals surface area contributed by atoms with Gasteiger partial charge in [-0.05, 0) is 22.3 Å². The molecule has 0 aromatic heterocycles. The first-order chi connectivity index (χ1) is 21.5. The molecule has 4 aliphatic carbocycles. The van der Waals surface area contributed by atoms with Crippen LogP contribution in [-0.4, -0.2) is 102 Å². The van der Waals surface area contributed by atoms with Gasteiger partial charge in [-0.25, -0.2) is 0 Å². The Balaban J connectivity index is 2.80. The van der Waals surface area contributed by atoms with E-state index in [1.807, 2.05) is 0 Å². The number of hydrogen-bond acceptors (Lipinski definition) is 10. The highest BCUT2D eigenvalue weighted by Crippen LogP contribution is 2.52. The summed E-state index contributed by atoms with van der Waals surface area (Å²) in [5.41, 5.74) is -18.8. The minimum absolute atomic E-state index is 0.0998. The molecule has 46 heavy (non-hydrogen) atoms. The molecule has 4 aliphatic rings. The Morgan fingerprint density at radius 2 is 0.630 bits per heavy atom. The summed E-state index contributed by atoms with van der Waals surface area (Å²) in [6.07, 6.45) is 0. The van der Waals surface area contributed by atoms with Gasteiger partial charge in [-0.1, -0.05) is 80.4 Å². The Kier molecular flexibility index (Phi) is 9.97. The average Bonchev–Trinajstić information content (AvgIpc) is 2.98. The molecule has 244 valence electrons. The van der Waals surface area contributed by atoms with Gasteiger partial charge in [0.25, 0.3) is 0 Å². The number of carboxylic acid groups (broad SMARTS) is 6. The summed E-state index contributed by atoms with van der Waals surface area (Å²) < 4.78 is 9.99. The largest absolute Gasteiger partial charge is 0.480 e. The number of halogens is 2. The van der Waals surface area contributed by atoms with E-state index in [1.165, 1.54) is 0 Å². The second-order valence-corrected chi connectivity index (χ2v) is 11.2. The SMILES string of the molecule is O=C(O)C1(C(=O)O)c2ccc(cc2)C(C(=O)O)(C(=O)OCCBr)C(C(=O)O)(C(=O)O)c2ccc(cc2)C1(C(=O)O)C(=O)OCCBr. The van der Waals surface area contributed by atoms with Gasteiger partial charge in [-0.15, -0.1) is 0 Å². The molecule has 2 aromatic rings. The van der Waals surface area contributed by atoms with Gasteiger partial charge in [0.2, 0.25) is 21.7 Å². The third kappa shape index (κ3) is 4.45. The first-order valence-electron chi connectivity index (χ1n) is 12.6. The van der Waals surface area contributed by atoms with Crippen LogP contribution in [0.5, 0.6) is 0 Å². The summed E-state index contributed by atoms with van der Waals surface area (Å²) >= 11 is 5.90. The zero-order chi connectivity index (χ0) is 34.8. The Bertz CT molecular complexity index is 1480. The van der Waals surface area contributed by atoms with Gasteiger partial charge >= 0.3 is 47.8 Å². The van der Waals surface area contributed by atoms with Crippen molar-refractivity contribution in [3.05, 3.63) is 70.8 Å². The maximum atomic E-state index is 13.7. The van der Waals surface area contributed by atoms with E-state index in [9.17, 15) is 69.0 Å². The fraction of sp³-hybridized carbons (Fsp3) is 0.286. The van der Waals surface area contributed by atoms with Crippen LogP contribution in [0.15, 0.2) is 48.5 Å².